The number of fused-ring (bicyclic) bond motifs is 1. The summed E-state index contributed by atoms with van der Waals surface area (Å²) in [7, 11) is 0. The molecule has 6 nitrogen and oxygen atoms in total. The predicted octanol–water partition coefficient (Wildman–Crippen LogP) is 7.85. The van der Waals surface area contributed by atoms with Crippen molar-refractivity contribution in [2.45, 2.75) is 32.0 Å². The lowest BCUT2D eigenvalue weighted by atomic mass is 9.99. The summed E-state index contributed by atoms with van der Waals surface area (Å²) >= 11 is 1.54. The average molecular weight is 535 g/mol. The number of rotatable bonds is 8. The van der Waals surface area contributed by atoms with E-state index in [-0.39, 0.29) is 6.61 Å². The molecule has 0 radical (unpaired) electrons. The minimum Gasteiger partial charge on any atom is -0.456 e. The van der Waals surface area contributed by atoms with Crippen molar-refractivity contribution in [2.75, 3.05) is 5.32 Å². The Bertz CT molecular complexity index is 1640. The van der Waals surface area contributed by atoms with Crippen molar-refractivity contribution in [1.29, 1.82) is 0 Å². The molecule has 1 aliphatic carbocycles. The molecule has 0 spiro atoms. The van der Waals surface area contributed by atoms with E-state index < -0.39 is 11.7 Å². The van der Waals surface area contributed by atoms with Crippen LogP contribution in [0, 0.1) is 6.92 Å². The van der Waals surface area contributed by atoms with Gasteiger partial charge in [0.1, 0.15) is 17.0 Å². The number of hydrogen-bond donors (Lipinski definition) is 1. The van der Waals surface area contributed by atoms with Gasteiger partial charge in [0.05, 0.1) is 10.6 Å². The minimum atomic E-state index is -0.510. The molecule has 3 aromatic carbocycles. The summed E-state index contributed by atoms with van der Waals surface area (Å²) in [6.07, 6.45) is 1.21. The van der Waals surface area contributed by atoms with Gasteiger partial charge in [-0.2, -0.15) is 0 Å². The molecule has 1 aliphatic rings. The second kappa shape index (κ2) is 10.3. The fourth-order valence-electron chi connectivity index (χ4n) is 4.72. The van der Waals surface area contributed by atoms with Crippen molar-refractivity contribution in [3.63, 3.8) is 0 Å². The molecule has 194 valence electrons. The van der Waals surface area contributed by atoms with Crippen LogP contribution in [0.5, 0.6) is 0 Å². The zero-order chi connectivity index (χ0) is 26.8. The van der Waals surface area contributed by atoms with Crippen LogP contribution in [0.1, 0.15) is 29.7 Å². The van der Waals surface area contributed by atoms with Crippen molar-refractivity contribution in [1.82, 2.24) is 4.98 Å². The third kappa shape index (κ3) is 5.13. The van der Waals surface area contributed by atoms with E-state index in [1.807, 2.05) is 61.5 Å². The number of anilines is 1. The molecule has 1 N–H and O–H groups in total. The second-order valence-corrected chi connectivity index (χ2v) is 10.7. The quantitative estimate of drug-likeness (QED) is 0.205. The first-order chi connectivity index (χ1) is 19.0. The van der Waals surface area contributed by atoms with Gasteiger partial charge in [-0.25, -0.2) is 9.78 Å². The maximum atomic E-state index is 12.8. The number of nitrogens with zero attached hydrogens (tertiary/aromatic N) is 1. The van der Waals surface area contributed by atoms with E-state index in [1.54, 1.807) is 11.3 Å². The zero-order valence-electron chi connectivity index (χ0n) is 21.3. The highest BCUT2D eigenvalue weighted by Gasteiger charge is 2.46. The topological polar surface area (TPSA) is 77.5 Å². The SMILES string of the molecule is Cc1ccc2c(NC(=O)OCc3ccccc3)c(-c3ccc(-c4ccc(C5(OC=O)CC5)cc4)cc3)sc2n1. The first-order valence-electron chi connectivity index (χ1n) is 12.8. The molecule has 6 rings (SSSR count). The summed E-state index contributed by atoms with van der Waals surface area (Å²) < 4.78 is 10.8. The molecule has 2 heterocycles. The summed E-state index contributed by atoms with van der Waals surface area (Å²) in [5.74, 6) is 0. The van der Waals surface area contributed by atoms with Crippen LogP contribution in [-0.4, -0.2) is 17.5 Å². The van der Waals surface area contributed by atoms with Crippen LogP contribution < -0.4 is 5.32 Å². The molecule has 0 aliphatic heterocycles. The molecule has 1 saturated carbocycles. The Morgan fingerprint density at radius 2 is 1.59 bits per heavy atom. The highest BCUT2D eigenvalue weighted by molar-refractivity contribution is 7.22. The zero-order valence-corrected chi connectivity index (χ0v) is 22.2. The molecule has 5 aromatic rings. The highest BCUT2D eigenvalue weighted by atomic mass is 32.1. The Labute approximate surface area is 230 Å². The van der Waals surface area contributed by atoms with E-state index in [0.717, 1.165) is 61.4 Å². The van der Waals surface area contributed by atoms with E-state index >= 15 is 0 Å². The molecule has 1 amide bonds. The fourth-order valence-corrected chi connectivity index (χ4v) is 5.90. The predicted molar refractivity (Wildman–Crippen MR) is 154 cm³/mol. The van der Waals surface area contributed by atoms with Gasteiger partial charge in [0, 0.05) is 11.1 Å². The Hall–Kier alpha value is -4.49. The number of ether oxygens (including phenoxy) is 2. The van der Waals surface area contributed by atoms with Crippen LogP contribution in [0.4, 0.5) is 10.5 Å². The number of carbonyl (C=O) groups excluding carboxylic acids is 2. The van der Waals surface area contributed by atoms with Crippen LogP contribution >= 0.6 is 11.3 Å². The molecule has 39 heavy (non-hydrogen) atoms. The molecule has 0 atom stereocenters. The Morgan fingerprint density at radius 1 is 0.923 bits per heavy atom. The number of aromatic nitrogens is 1. The first kappa shape index (κ1) is 24.8. The molecule has 1 fully saturated rings. The summed E-state index contributed by atoms with van der Waals surface area (Å²) in [5, 5.41) is 3.86. The van der Waals surface area contributed by atoms with Crippen LogP contribution in [0.2, 0.25) is 0 Å². The van der Waals surface area contributed by atoms with E-state index in [4.69, 9.17) is 9.47 Å². The lowest BCUT2D eigenvalue weighted by Crippen LogP contribution is -2.13. The maximum Gasteiger partial charge on any atom is 0.412 e. The highest BCUT2D eigenvalue weighted by Crippen LogP contribution is 2.49. The number of carbonyl (C=O) groups is 2. The lowest BCUT2D eigenvalue weighted by molar-refractivity contribution is -0.136. The van der Waals surface area contributed by atoms with Gasteiger partial charge in [-0.15, -0.1) is 11.3 Å². The van der Waals surface area contributed by atoms with Gasteiger partial charge in [0.25, 0.3) is 6.47 Å². The molecular weight excluding hydrogens is 508 g/mol. The summed E-state index contributed by atoms with van der Waals surface area (Å²) in [5.41, 5.74) is 6.24. The van der Waals surface area contributed by atoms with Gasteiger partial charge in [-0.3, -0.25) is 10.1 Å². The number of aryl methyl sites for hydroxylation is 1. The molecular formula is C32H26N2O4S. The molecule has 0 unspecified atom stereocenters. The van der Waals surface area contributed by atoms with Crippen LogP contribution in [0.25, 0.3) is 31.8 Å². The van der Waals surface area contributed by atoms with Crippen LogP contribution in [0.3, 0.4) is 0 Å². The number of nitrogens with one attached hydrogen (secondary N) is 1. The van der Waals surface area contributed by atoms with Crippen molar-refractivity contribution in [2.24, 2.45) is 0 Å². The number of pyridine rings is 1. The number of amides is 1. The van der Waals surface area contributed by atoms with Gasteiger partial charge in [-0.1, -0.05) is 78.9 Å². The maximum absolute atomic E-state index is 12.8. The van der Waals surface area contributed by atoms with E-state index in [2.05, 4.69) is 46.7 Å². The summed E-state index contributed by atoms with van der Waals surface area (Å²) in [4.78, 5) is 30.1. The van der Waals surface area contributed by atoms with Crippen molar-refractivity contribution >= 4 is 39.8 Å². The number of thiophene rings is 1. The van der Waals surface area contributed by atoms with Crippen LogP contribution in [0.15, 0.2) is 91.0 Å². The fraction of sp³-hybridized carbons (Fsp3) is 0.156. The first-order valence-corrected chi connectivity index (χ1v) is 13.6. The van der Waals surface area contributed by atoms with Gasteiger partial charge in [0.2, 0.25) is 0 Å². The number of benzene rings is 3. The van der Waals surface area contributed by atoms with Gasteiger partial charge in [-0.05, 0) is 59.7 Å². The van der Waals surface area contributed by atoms with Crippen molar-refractivity contribution < 1.29 is 19.1 Å². The Balaban J connectivity index is 1.25. The lowest BCUT2D eigenvalue weighted by Gasteiger charge is -2.14. The minimum absolute atomic E-state index is 0.192. The van der Waals surface area contributed by atoms with Crippen LogP contribution in [-0.2, 0) is 26.5 Å². The van der Waals surface area contributed by atoms with Crippen molar-refractivity contribution in [3.05, 3.63) is 108 Å². The van der Waals surface area contributed by atoms with Gasteiger partial charge >= 0.3 is 6.09 Å². The standard InChI is InChI=1S/C32H26N2O4S/c1-21-7-16-27-28(34-31(36)37-19-22-5-3-2-4-6-22)29(39-30(27)33-21)25-10-8-23(9-11-25)24-12-14-26(15-13-24)32(17-18-32)38-20-35/h2-16,20H,17-19H2,1H3,(H,34,36). The summed E-state index contributed by atoms with van der Waals surface area (Å²) in [6, 6.07) is 29.9. The Morgan fingerprint density at radius 3 is 2.26 bits per heavy atom. The number of hydrogen-bond acceptors (Lipinski definition) is 6. The van der Waals surface area contributed by atoms with E-state index in [9.17, 15) is 9.59 Å². The normalized spacial score (nSPS) is 13.6. The van der Waals surface area contributed by atoms with Crippen molar-refractivity contribution in [3.8, 4) is 21.6 Å². The summed E-state index contributed by atoms with van der Waals surface area (Å²) in [6.45, 7) is 2.68. The van der Waals surface area contributed by atoms with E-state index in [1.165, 1.54) is 0 Å². The molecule has 2 aromatic heterocycles. The second-order valence-electron chi connectivity index (χ2n) is 9.66. The molecule has 0 saturated heterocycles. The smallest absolute Gasteiger partial charge is 0.412 e. The average Bonchev–Trinajstić information content (AvgIpc) is 3.67. The third-order valence-electron chi connectivity index (χ3n) is 7.00. The molecule has 7 heteroatoms. The van der Waals surface area contributed by atoms with Gasteiger partial charge < -0.3 is 9.47 Å². The monoisotopic (exact) mass is 534 g/mol. The Kier molecular flexibility index (Phi) is 6.59. The van der Waals surface area contributed by atoms with E-state index in [0.29, 0.717) is 12.2 Å². The molecule has 0 bridgehead atoms. The third-order valence-corrected chi connectivity index (χ3v) is 8.15. The van der Waals surface area contributed by atoms with Gasteiger partial charge in [0.15, 0.2) is 0 Å². The largest absolute Gasteiger partial charge is 0.456 e.